The van der Waals surface area contributed by atoms with E-state index in [-0.39, 0.29) is 25.0 Å². The lowest BCUT2D eigenvalue weighted by molar-refractivity contribution is -0.185. The summed E-state index contributed by atoms with van der Waals surface area (Å²) in [5.74, 6) is -4.97. The van der Waals surface area contributed by atoms with Crippen LogP contribution in [0.3, 0.4) is 0 Å². The predicted octanol–water partition coefficient (Wildman–Crippen LogP) is 4.93. The molecule has 0 saturated heterocycles. The second kappa shape index (κ2) is 5.32. The lowest BCUT2D eigenvalue weighted by Crippen LogP contribution is -2.31. The smallest absolute Gasteiger partial charge is 0.265 e. The van der Waals surface area contributed by atoms with E-state index in [9.17, 15) is 35.1 Å². The summed E-state index contributed by atoms with van der Waals surface area (Å²) in [6, 6.07) is -0.941. The number of hydrogen-bond donors (Lipinski definition) is 0. The Kier molecular flexibility index (Phi) is 3.87. The maximum Gasteiger partial charge on any atom is 0.435 e. The molecular formula is C14H14F8N2. The molecule has 1 aromatic heterocycles. The van der Waals surface area contributed by atoms with E-state index in [0.717, 1.165) is 4.68 Å². The van der Waals surface area contributed by atoms with Crippen LogP contribution >= 0.6 is 0 Å². The van der Waals surface area contributed by atoms with E-state index >= 15 is 0 Å². The van der Waals surface area contributed by atoms with E-state index in [1.54, 1.807) is 0 Å². The first kappa shape index (κ1) is 17.5. The summed E-state index contributed by atoms with van der Waals surface area (Å²) in [5.41, 5.74) is -2.26. The quantitative estimate of drug-likeness (QED) is 0.648. The summed E-state index contributed by atoms with van der Waals surface area (Å²) < 4.78 is 106. The average molecular weight is 362 g/mol. The third kappa shape index (κ3) is 3.11. The Hall–Kier alpha value is -1.35. The van der Waals surface area contributed by atoms with Crippen LogP contribution in [-0.4, -0.2) is 21.9 Å². The van der Waals surface area contributed by atoms with Gasteiger partial charge in [0.25, 0.3) is 5.92 Å². The first-order chi connectivity index (χ1) is 10.9. The molecule has 0 spiro atoms. The molecule has 1 saturated carbocycles. The first-order valence-electron chi connectivity index (χ1n) is 7.50. The summed E-state index contributed by atoms with van der Waals surface area (Å²) in [6.07, 6.45) is -11.5. The van der Waals surface area contributed by atoms with E-state index < -0.39 is 60.8 Å². The van der Waals surface area contributed by atoms with Crippen molar-refractivity contribution in [2.24, 2.45) is 5.92 Å². The van der Waals surface area contributed by atoms with Gasteiger partial charge in [-0.15, -0.1) is 0 Å². The molecule has 0 radical (unpaired) electrons. The van der Waals surface area contributed by atoms with Crippen molar-refractivity contribution in [3.8, 4) is 0 Å². The number of fused-ring (bicyclic) bond motifs is 1. The molecule has 0 amide bonds. The summed E-state index contributed by atoms with van der Waals surface area (Å²) in [5, 5.41) is 3.40. The highest BCUT2D eigenvalue weighted by molar-refractivity contribution is 5.35. The summed E-state index contributed by atoms with van der Waals surface area (Å²) in [4.78, 5) is 0. The van der Waals surface area contributed by atoms with Gasteiger partial charge in [-0.25, -0.2) is 8.78 Å². The van der Waals surface area contributed by atoms with Gasteiger partial charge in [-0.1, -0.05) is 6.42 Å². The molecular weight excluding hydrogens is 348 g/mol. The van der Waals surface area contributed by atoms with Crippen molar-refractivity contribution >= 4 is 0 Å². The predicted molar refractivity (Wildman–Crippen MR) is 66.6 cm³/mol. The van der Waals surface area contributed by atoms with E-state index in [1.807, 2.05) is 0 Å². The Morgan fingerprint density at radius 1 is 1.00 bits per heavy atom. The van der Waals surface area contributed by atoms with Gasteiger partial charge < -0.3 is 0 Å². The van der Waals surface area contributed by atoms with Crippen molar-refractivity contribution in [2.45, 2.75) is 62.8 Å². The molecule has 0 bridgehead atoms. The fourth-order valence-corrected chi connectivity index (χ4v) is 3.66. The van der Waals surface area contributed by atoms with Crippen LogP contribution in [0.1, 0.15) is 48.7 Å². The third-order valence-corrected chi connectivity index (χ3v) is 4.70. The van der Waals surface area contributed by atoms with Crippen LogP contribution in [0.4, 0.5) is 35.1 Å². The number of rotatable bonds is 1. The third-order valence-electron chi connectivity index (χ3n) is 4.70. The normalized spacial score (nSPS) is 27.3. The minimum absolute atomic E-state index is 0.105. The van der Waals surface area contributed by atoms with Gasteiger partial charge in [0.2, 0.25) is 0 Å². The van der Waals surface area contributed by atoms with Crippen LogP contribution in [0.5, 0.6) is 0 Å². The standard InChI is InChI=1S/C14H14F8N2/c15-12(16)5-9-10(6-12)24(23-11(9)14(20,21)22)8-3-1-2-7(4-8)13(17,18)19/h7-8H,1-6H2/t7-,8-/m0/s1. The number of aromatic nitrogens is 2. The van der Waals surface area contributed by atoms with Crippen LogP contribution in [0, 0.1) is 5.92 Å². The maximum absolute atomic E-state index is 13.6. The van der Waals surface area contributed by atoms with Gasteiger partial charge in [-0.2, -0.15) is 31.4 Å². The Morgan fingerprint density at radius 2 is 1.67 bits per heavy atom. The van der Waals surface area contributed by atoms with Crippen molar-refractivity contribution < 1.29 is 35.1 Å². The maximum atomic E-state index is 13.6. The minimum Gasteiger partial charge on any atom is -0.265 e. The molecule has 24 heavy (non-hydrogen) atoms. The highest BCUT2D eigenvalue weighted by Gasteiger charge is 2.50. The number of alkyl halides is 8. The van der Waals surface area contributed by atoms with Gasteiger partial charge >= 0.3 is 12.4 Å². The average Bonchev–Trinajstić information content (AvgIpc) is 2.90. The second-order valence-corrected chi connectivity index (χ2v) is 6.48. The Bertz CT molecular complexity index is 628. The van der Waals surface area contributed by atoms with E-state index in [0.29, 0.717) is 0 Å². The zero-order valence-corrected chi connectivity index (χ0v) is 12.3. The van der Waals surface area contributed by atoms with Crippen LogP contribution in [-0.2, 0) is 19.0 Å². The van der Waals surface area contributed by atoms with Crippen LogP contribution in [0.15, 0.2) is 0 Å². The molecule has 0 aromatic carbocycles. The van der Waals surface area contributed by atoms with Gasteiger partial charge in [0.15, 0.2) is 5.69 Å². The van der Waals surface area contributed by atoms with E-state index in [1.165, 1.54) is 0 Å². The Balaban J connectivity index is 1.97. The van der Waals surface area contributed by atoms with Gasteiger partial charge in [-0.05, 0) is 19.3 Å². The highest BCUT2D eigenvalue weighted by atomic mass is 19.4. The van der Waals surface area contributed by atoms with Gasteiger partial charge in [0, 0.05) is 17.7 Å². The van der Waals surface area contributed by atoms with Gasteiger partial charge in [0.05, 0.1) is 18.4 Å². The lowest BCUT2D eigenvalue weighted by atomic mass is 9.85. The largest absolute Gasteiger partial charge is 0.435 e. The van der Waals surface area contributed by atoms with Crippen molar-refractivity contribution in [3.05, 3.63) is 17.0 Å². The molecule has 1 heterocycles. The molecule has 1 fully saturated rings. The second-order valence-electron chi connectivity index (χ2n) is 6.48. The monoisotopic (exact) mass is 362 g/mol. The highest BCUT2D eigenvalue weighted by Crippen LogP contribution is 2.46. The molecule has 0 aliphatic heterocycles. The number of nitrogens with zero attached hydrogens (tertiary/aromatic N) is 2. The molecule has 2 nitrogen and oxygen atoms in total. The van der Waals surface area contributed by atoms with Crippen molar-refractivity contribution in [3.63, 3.8) is 0 Å². The zero-order valence-electron chi connectivity index (χ0n) is 12.3. The fraction of sp³-hybridized carbons (Fsp3) is 0.786. The van der Waals surface area contributed by atoms with Crippen LogP contribution in [0.25, 0.3) is 0 Å². The summed E-state index contributed by atoms with van der Waals surface area (Å²) in [6.45, 7) is 0. The molecule has 136 valence electrons. The molecule has 0 unspecified atom stereocenters. The Labute approximate surface area is 131 Å². The van der Waals surface area contributed by atoms with E-state index in [4.69, 9.17) is 0 Å². The Morgan fingerprint density at radius 3 is 2.25 bits per heavy atom. The summed E-state index contributed by atoms with van der Waals surface area (Å²) in [7, 11) is 0. The molecule has 2 atom stereocenters. The minimum atomic E-state index is -4.91. The first-order valence-corrected chi connectivity index (χ1v) is 7.50. The van der Waals surface area contributed by atoms with Crippen LogP contribution < -0.4 is 0 Å². The van der Waals surface area contributed by atoms with Crippen LogP contribution in [0.2, 0.25) is 0 Å². The van der Waals surface area contributed by atoms with Gasteiger partial charge in [0.1, 0.15) is 0 Å². The fourth-order valence-electron chi connectivity index (χ4n) is 3.66. The SMILES string of the molecule is FC1(F)Cc2c(C(F)(F)F)nn([C@H]3CCC[C@H](C(F)(F)F)C3)c2C1. The number of hydrogen-bond acceptors (Lipinski definition) is 1. The molecule has 1 aromatic rings. The van der Waals surface area contributed by atoms with Crippen molar-refractivity contribution in [1.82, 2.24) is 9.78 Å². The molecule has 3 rings (SSSR count). The topological polar surface area (TPSA) is 17.8 Å². The van der Waals surface area contributed by atoms with E-state index in [2.05, 4.69) is 5.10 Å². The molecule has 2 aliphatic carbocycles. The van der Waals surface area contributed by atoms with Crippen molar-refractivity contribution in [2.75, 3.05) is 0 Å². The van der Waals surface area contributed by atoms with Gasteiger partial charge in [-0.3, -0.25) is 4.68 Å². The number of halogens is 8. The van der Waals surface area contributed by atoms with Crippen molar-refractivity contribution in [1.29, 1.82) is 0 Å². The summed E-state index contributed by atoms with van der Waals surface area (Å²) >= 11 is 0. The molecule has 0 N–H and O–H groups in total. The lowest BCUT2D eigenvalue weighted by Gasteiger charge is -2.31. The zero-order chi connectivity index (χ0) is 17.9. The molecule has 2 aliphatic rings. The molecule has 10 heteroatoms.